The van der Waals surface area contributed by atoms with Gasteiger partial charge in [-0.3, -0.25) is 4.98 Å². The molecule has 6 nitrogen and oxygen atoms in total. The molecule has 8 rings (SSSR count). The molecule has 0 N–H and O–H groups in total. The van der Waals surface area contributed by atoms with Crippen LogP contribution in [-0.2, 0) is 26.5 Å². The zero-order valence-corrected chi connectivity index (χ0v) is 38.7. The van der Waals surface area contributed by atoms with Crippen molar-refractivity contribution in [2.75, 3.05) is 0 Å². The minimum Gasteiger partial charge on any atom is -0.483 e. The van der Waals surface area contributed by atoms with Crippen LogP contribution in [0.4, 0.5) is 0 Å². The third kappa shape index (κ3) is 8.70. The van der Waals surface area contributed by atoms with Gasteiger partial charge in [-0.05, 0) is 64.9 Å². The van der Waals surface area contributed by atoms with Gasteiger partial charge in [0.25, 0.3) is 0 Å². The molecular formula is C49H49GeIrN5O-2. The summed E-state index contributed by atoms with van der Waals surface area (Å²) >= 11 is -1.86. The number of rotatable bonds is 8. The summed E-state index contributed by atoms with van der Waals surface area (Å²) < 4.78 is 9.75. The molecule has 0 amide bonds. The Labute approximate surface area is 353 Å². The number of nitrogens with zero attached hydrogens (tertiary/aromatic N) is 5. The number of imidazole rings is 1. The smallest absolute Gasteiger partial charge is 0.141 e. The van der Waals surface area contributed by atoms with Crippen LogP contribution in [0, 0.1) is 29.5 Å². The van der Waals surface area contributed by atoms with E-state index in [1.54, 1.807) is 10.5 Å². The van der Waals surface area contributed by atoms with Crippen molar-refractivity contribution in [3.05, 3.63) is 138 Å². The van der Waals surface area contributed by atoms with Gasteiger partial charge in [-0.1, -0.05) is 63.6 Å². The summed E-state index contributed by atoms with van der Waals surface area (Å²) in [5.74, 6) is 9.44. The Morgan fingerprint density at radius 3 is 2.18 bits per heavy atom. The number of pyridine rings is 2. The van der Waals surface area contributed by atoms with Crippen molar-refractivity contribution in [2.24, 2.45) is 5.92 Å². The quantitative estimate of drug-likeness (QED) is 0.112. The third-order valence-corrected chi connectivity index (χ3v) is 14.5. The number of benzene rings is 4. The van der Waals surface area contributed by atoms with Crippen LogP contribution in [0.1, 0.15) is 75.6 Å². The molecule has 0 saturated carbocycles. The number of fused-ring (bicyclic) bond motifs is 4. The maximum Gasteiger partial charge on any atom is 0.141 e. The van der Waals surface area contributed by atoms with E-state index in [-0.39, 0.29) is 20.1 Å². The Morgan fingerprint density at radius 2 is 1.53 bits per heavy atom. The van der Waals surface area contributed by atoms with E-state index in [0.29, 0.717) is 34.6 Å². The Bertz CT molecular complexity index is 2690. The standard InChI is InChI=1S/C31H25N4O.C18H24GeN.Ir/c1-18(2)22-8-7-9-23(19(3)4)29(22)35-27-11-6-5-10-26(27)34-30(35)21-15-25-24-14-20(16-32)12-13-28(24)36-31(25)33-17-21;1-14(2)11-16-12-18(15-9-7-6-8-10-15)20-13-17(16)19(3,4)5;/h5-15,18-19H,1-4H3;6-9,12-14H,11H2,1-5H3;/q2*-1;. The van der Waals surface area contributed by atoms with E-state index in [1.165, 1.54) is 22.4 Å². The van der Waals surface area contributed by atoms with Gasteiger partial charge in [0, 0.05) is 31.2 Å². The summed E-state index contributed by atoms with van der Waals surface area (Å²) in [5, 5.41) is 11.1. The zero-order chi connectivity index (χ0) is 39.7. The molecule has 8 aromatic rings. The van der Waals surface area contributed by atoms with E-state index in [9.17, 15) is 5.26 Å². The van der Waals surface area contributed by atoms with Crippen LogP contribution in [0.5, 0.6) is 0 Å². The summed E-state index contributed by atoms with van der Waals surface area (Å²) in [7, 11) is 0. The summed E-state index contributed by atoms with van der Waals surface area (Å²) in [5.41, 5.74) is 11.9. The van der Waals surface area contributed by atoms with Crippen molar-refractivity contribution in [2.45, 2.75) is 77.1 Å². The molecule has 0 bridgehead atoms. The van der Waals surface area contributed by atoms with Gasteiger partial charge in [0.05, 0.1) is 28.5 Å². The number of aromatic nitrogens is 4. The molecule has 0 unspecified atom stereocenters. The second kappa shape index (κ2) is 17.3. The van der Waals surface area contributed by atoms with Crippen molar-refractivity contribution >= 4 is 50.8 Å². The van der Waals surface area contributed by atoms with E-state index in [1.807, 2.05) is 48.5 Å². The van der Waals surface area contributed by atoms with E-state index in [4.69, 9.17) is 14.4 Å². The predicted octanol–water partition coefficient (Wildman–Crippen LogP) is 12.2. The van der Waals surface area contributed by atoms with Gasteiger partial charge in [-0.2, -0.15) is 5.26 Å². The van der Waals surface area contributed by atoms with Crippen molar-refractivity contribution in [1.29, 1.82) is 5.26 Å². The van der Waals surface area contributed by atoms with Gasteiger partial charge < -0.3 is 14.0 Å². The first-order valence-electron chi connectivity index (χ1n) is 19.6. The Hall–Kier alpha value is -4.87. The molecular weight excluding hydrogens is 939 g/mol. The van der Waals surface area contributed by atoms with Crippen LogP contribution >= 0.6 is 0 Å². The minimum atomic E-state index is -1.86. The first kappa shape index (κ1) is 41.8. The molecule has 0 fully saturated rings. The molecule has 4 aromatic carbocycles. The van der Waals surface area contributed by atoms with Gasteiger partial charge in [0.1, 0.15) is 11.3 Å². The summed E-state index contributed by atoms with van der Waals surface area (Å²) in [6.07, 6.45) is 6.47. The second-order valence-electron chi connectivity index (χ2n) is 16.6. The van der Waals surface area contributed by atoms with Crippen molar-refractivity contribution in [1.82, 2.24) is 19.5 Å². The number of para-hydroxylation sites is 3. The Balaban J connectivity index is 0.000000223. The van der Waals surface area contributed by atoms with Crippen molar-refractivity contribution in [3.63, 3.8) is 0 Å². The van der Waals surface area contributed by atoms with Crippen LogP contribution in [-0.4, -0.2) is 32.8 Å². The molecule has 8 heteroatoms. The van der Waals surface area contributed by atoms with Crippen molar-refractivity contribution in [3.8, 4) is 34.4 Å². The fourth-order valence-electron chi connectivity index (χ4n) is 7.48. The van der Waals surface area contributed by atoms with Gasteiger partial charge in [-0.25, -0.2) is 0 Å². The molecule has 0 aliphatic heterocycles. The van der Waals surface area contributed by atoms with E-state index in [2.05, 4.69) is 135 Å². The molecule has 0 spiro atoms. The average Bonchev–Trinajstić information content (AvgIpc) is 3.75. The SMILES string of the molecule is CC(C)Cc1cc(-c2[c-]cccc2)nc[c]1[Ge]([CH3])([CH3])[CH3].CC(C)c1cccc(C(C)C)c1-n1c(-c2[c-]nc3oc4ccc(C#N)cc4c3c2)nc2ccccc21.[Ir]. The largest absolute Gasteiger partial charge is 0.483 e. The number of furan rings is 1. The van der Waals surface area contributed by atoms with Crippen LogP contribution in [0.2, 0.25) is 17.3 Å². The van der Waals surface area contributed by atoms with Crippen LogP contribution in [0.15, 0.2) is 108 Å². The molecule has 4 heterocycles. The normalized spacial score (nSPS) is 11.6. The van der Waals surface area contributed by atoms with Gasteiger partial charge >= 0.3 is 126 Å². The molecule has 0 atom stereocenters. The van der Waals surface area contributed by atoms with E-state index < -0.39 is 13.3 Å². The zero-order valence-electron chi connectivity index (χ0n) is 34.2. The average molecular weight is 989 g/mol. The molecule has 0 saturated heterocycles. The number of nitriles is 1. The topological polar surface area (TPSA) is 80.5 Å². The summed E-state index contributed by atoms with van der Waals surface area (Å²) in [6, 6.07) is 38.1. The van der Waals surface area contributed by atoms with Gasteiger partial charge in [0.2, 0.25) is 0 Å². The number of hydrogen-bond acceptors (Lipinski definition) is 5. The maximum absolute atomic E-state index is 9.41. The third-order valence-electron chi connectivity index (χ3n) is 10.2. The Morgan fingerprint density at radius 1 is 0.807 bits per heavy atom. The van der Waals surface area contributed by atoms with Crippen LogP contribution < -0.4 is 4.40 Å². The second-order valence-corrected chi connectivity index (χ2v) is 27.2. The summed E-state index contributed by atoms with van der Waals surface area (Å²) in [6.45, 7) is 13.5. The van der Waals surface area contributed by atoms with E-state index >= 15 is 0 Å². The molecule has 4 aromatic heterocycles. The summed E-state index contributed by atoms with van der Waals surface area (Å²) in [4.78, 5) is 14.3. The minimum absolute atomic E-state index is 0. The molecule has 57 heavy (non-hydrogen) atoms. The molecule has 0 aliphatic rings. The maximum atomic E-state index is 9.41. The van der Waals surface area contributed by atoms with Gasteiger partial charge in [-0.15, -0.1) is 6.07 Å². The number of hydrogen-bond donors (Lipinski definition) is 0. The van der Waals surface area contributed by atoms with Crippen molar-refractivity contribution < 1.29 is 24.5 Å². The first-order chi connectivity index (χ1) is 26.8. The molecule has 0 aliphatic carbocycles. The Kier molecular flexibility index (Phi) is 12.7. The molecule has 291 valence electrons. The van der Waals surface area contributed by atoms with Gasteiger partial charge in [0.15, 0.2) is 0 Å². The predicted molar refractivity (Wildman–Crippen MR) is 233 cm³/mol. The van der Waals surface area contributed by atoms with Crippen LogP contribution in [0.25, 0.3) is 61.4 Å². The molecule has 1 radical (unpaired) electrons. The van der Waals surface area contributed by atoms with Crippen LogP contribution in [0.3, 0.4) is 0 Å². The monoisotopic (exact) mass is 990 g/mol. The fourth-order valence-corrected chi connectivity index (χ4v) is 10.8. The van der Waals surface area contributed by atoms with E-state index in [0.717, 1.165) is 50.9 Å². The first-order valence-corrected chi connectivity index (χ1v) is 26.9. The fraction of sp³-hybridized carbons (Fsp3) is 0.265.